The van der Waals surface area contributed by atoms with Gasteiger partial charge in [-0.15, -0.1) is 0 Å². The van der Waals surface area contributed by atoms with E-state index in [-0.39, 0.29) is 31.2 Å². The number of piperidine rings is 1. The first kappa shape index (κ1) is 23.6. The van der Waals surface area contributed by atoms with Crippen molar-refractivity contribution >= 4 is 6.09 Å². The molecule has 1 saturated heterocycles. The number of pyridine rings is 1. The molecule has 7 nitrogen and oxygen atoms in total. The molecule has 1 aromatic heterocycles. The number of carbonyl (C=O) groups is 1. The summed E-state index contributed by atoms with van der Waals surface area (Å²) in [6.45, 7) is 0.656. The number of hydrogen-bond acceptors (Lipinski definition) is 6. The van der Waals surface area contributed by atoms with Crippen molar-refractivity contribution in [3.63, 3.8) is 0 Å². The van der Waals surface area contributed by atoms with Gasteiger partial charge in [-0.25, -0.2) is 4.79 Å². The molecule has 1 aromatic rings. The number of rotatable bonds is 5. The lowest BCUT2D eigenvalue weighted by Crippen LogP contribution is -2.56. The topological polar surface area (TPSA) is 84.7 Å². The summed E-state index contributed by atoms with van der Waals surface area (Å²) in [6.07, 6.45) is 2.28. The fourth-order valence-electron chi connectivity index (χ4n) is 4.65. The number of carbonyl (C=O) groups excluding carboxylic acids is 1. The second-order valence-electron chi connectivity index (χ2n) is 9.04. The normalized spacial score (nSPS) is 25.6. The van der Waals surface area contributed by atoms with E-state index >= 15 is 0 Å². The maximum atomic E-state index is 13.3. The largest absolute Gasteiger partial charge is 0.489 e. The fourth-order valence-corrected chi connectivity index (χ4v) is 4.65. The molecule has 0 radical (unpaired) electrons. The molecule has 0 spiro atoms. The zero-order valence-corrected chi connectivity index (χ0v) is 18.4. The molecule has 0 aromatic carbocycles. The molecule has 0 atom stereocenters. The van der Waals surface area contributed by atoms with Crippen LogP contribution < -0.4 is 4.74 Å². The van der Waals surface area contributed by atoms with Crippen LogP contribution in [0, 0.1) is 11.3 Å². The van der Waals surface area contributed by atoms with Crippen molar-refractivity contribution < 1.29 is 32.2 Å². The van der Waals surface area contributed by atoms with E-state index in [0.717, 1.165) is 25.7 Å². The molecular formula is C23H28F3N3O4. The average Bonchev–Trinajstić information content (AvgIpc) is 2.77. The van der Waals surface area contributed by atoms with Crippen LogP contribution in [-0.4, -0.2) is 59.2 Å². The zero-order valence-electron chi connectivity index (χ0n) is 18.4. The summed E-state index contributed by atoms with van der Waals surface area (Å²) in [5.74, 6) is 0.547. The molecule has 3 aliphatic rings. The Kier molecular flexibility index (Phi) is 6.98. The number of amides is 1. The minimum atomic E-state index is -4.53. The number of alkyl halides is 3. The van der Waals surface area contributed by atoms with E-state index in [0.29, 0.717) is 43.7 Å². The zero-order chi connectivity index (χ0) is 23.5. The van der Waals surface area contributed by atoms with Crippen molar-refractivity contribution in [2.45, 2.75) is 87.9 Å². The van der Waals surface area contributed by atoms with Crippen molar-refractivity contribution in [1.29, 1.82) is 5.26 Å². The van der Waals surface area contributed by atoms with Crippen LogP contribution in [0.15, 0.2) is 18.5 Å². The third-order valence-electron chi connectivity index (χ3n) is 6.86. The monoisotopic (exact) mass is 467 g/mol. The Morgan fingerprint density at radius 2 is 1.73 bits per heavy atom. The van der Waals surface area contributed by atoms with E-state index in [9.17, 15) is 18.0 Å². The van der Waals surface area contributed by atoms with Gasteiger partial charge in [-0.1, -0.05) is 0 Å². The van der Waals surface area contributed by atoms with Gasteiger partial charge in [0, 0.05) is 25.5 Å². The second kappa shape index (κ2) is 9.75. The van der Waals surface area contributed by atoms with Crippen LogP contribution in [0.3, 0.4) is 0 Å². The van der Waals surface area contributed by atoms with Crippen molar-refractivity contribution in [3.05, 3.63) is 24.0 Å². The number of hydrogen-bond donors (Lipinski definition) is 0. The van der Waals surface area contributed by atoms with Gasteiger partial charge in [-0.2, -0.15) is 18.4 Å². The van der Waals surface area contributed by atoms with E-state index in [1.807, 2.05) is 0 Å². The van der Waals surface area contributed by atoms with Gasteiger partial charge in [0.25, 0.3) is 0 Å². The first-order chi connectivity index (χ1) is 15.8. The highest BCUT2D eigenvalue weighted by Crippen LogP contribution is 2.48. The number of halogens is 3. The van der Waals surface area contributed by atoms with Crippen LogP contribution in [0.25, 0.3) is 0 Å². The summed E-state index contributed by atoms with van der Waals surface area (Å²) in [7, 11) is 0. The molecule has 2 heterocycles. The predicted octanol–water partition coefficient (Wildman–Crippen LogP) is 4.75. The van der Waals surface area contributed by atoms with Crippen molar-refractivity contribution in [2.24, 2.45) is 0 Å². The van der Waals surface area contributed by atoms with Gasteiger partial charge in [-0.05, 0) is 63.9 Å². The first-order valence-corrected chi connectivity index (χ1v) is 11.5. The molecule has 4 rings (SSSR count). The highest BCUT2D eigenvalue weighted by Gasteiger charge is 2.62. The van der Waals surface area contributed by atoms with Crippen molar-refractivity contribution in [1.82, 2.24) is 9.88 Å². The Hall–Kier alpha value is -2.54. The number of likely N-dealkylation sites (tertiary alicyclic amines) is 1. The SMILES string of the molecule is N#Cc1cnccc1O[C@H]1CC[C@H](OC2CCN(C(=O)OC3(C(F)(F)F)CCC3)CC2)CC1. The van der Waals surface area contributed by atoms with E-state index in [4.69, 9.17) is 19.5 Å². The molecular weight excluding hydrogens is 439 g/mol. The van der Waals surface area contributed by atoms with Gasteiger partial charge in [-0.3, -0.25) is 4.98 Å². The summed E-state index contributed by atoms with van der Waals surface area (Å²) >= 11 is 0. The van der Waals surface area contributed by atoms with Crippen LogP contribution >= 0.6 is 0 Å². The van der Waals surface area contributed by atoms with E-state index < -0.39 is 17.9 Å². The Bertz CT molecular complexity index is 868. The van der Waals surface area contributed by atoms with Gasteiger partial charge in [0.2, 0.25) is 5.60 Å². The number of aromatic nitrogens is 1. The Morgan fingerprint density at radius 1 is 1.09 bits per heavy atom. The van der Waals surface area contributed by atoms with Gasteiger partial charge in [0.1, 0.15) is 17.4 Å². The quantitative estimate of drug-likeness (QED) is 0.622. The number of nitrogens with zero attached hydrogens (tertiary/aromatic N) is 3. The molecule has 0 N–H and O–H groups in total. The lowest BCUT2D eigenvalue weighted by atomic mass is 9.79. The molecule has 3 fully saturated rings. The summed E-state index contributed by atoms with van der Waals surface area (Å²) in [4.78, 5) is 17.6. The Labute approximate surface area is 190 Å². The molecule has 1 amide bonds. The Morgan fingerprint density at radius 3 is 2.30 bits per heavy atom. The van der Waals surface area contributed by atoms with Crippen molar-refractivity contribution in [3.8, 4) is 11.8 Å². The van der Waals surface area contributed by atoms with Gasteiger partial charge >= 0.3 is 12.3 Å². The Balaban J connectivity index is 1.18. The lowest BCUT2D eigenvalue weighted by Gasteiger charge is -2.43. The molecule has 1 aliphatic heterocycles. The smallest absolute Gasteiger partial charge is 0.428 e. The molecule has 10 heteroatoms. The third-order valence-corrected chi connectivity index (χ3v) is 6.86. The average molecular weight is 467 g/mol. The van der Waals surface area contributed by atoms with Gasteiger partial charge < -0.3 is 19.1 Å². The van der Waals surface area contributed by atoms with E-state index in [1.54, 1.807) is 12.3 Å². The standard InChI is InChI=1S/C23H28F3N3O4/c24-23(25,26)22(9-1-10-22)33-21(30)29-12-7-19(8-13-29)31-17-2-4-18(5-3-17)32-20-6-11-28-15-16(20)14-27/h6,11,15,17-19H,1-5,7-10,12-13H2/t17-,18-. The fraction of sp³-hybridized carbons (Fsp3) is 0.696. The molecule has 33 heavy (non-hydrogen) atoms. The summed E-state index contributed by atoms with van der Waals surface area (Å²) in [5.41, 5.74) is -1.89. The second-order valence-corrected chi connectivity index (χ2v) is 9.04. The van der Waals surface area contributed by atoms with Gasteiger partial charge in [0.05, 0.1) is 18.3 Å². The minimum Gasteiger partial charge on any atom is -0.489 e. The molecule has 2 saturated carbocycles. The molecule has 0 unspecified atom stereocenters. The highest BCUT2D eigenvalue weighted by atomic mass is 19.4. The highest BCUT2D eigenvalue weighted by molar-refractivity contribution is 5.68. The summed E-state index contributed by atoms with van der Waals surface area (Å²) in [5, 5.41) is 9.16. The summed E-state index contributed by atoms with van der Waals surface area (Å²) in [6, 6.07) is 3.78. The van der Waals surface area contributed by atoms with Crippen LogP contribution in [0.5, 0.6) is 5.75 Å². The number of nitriles is 1. The summed E-state index contributed by atoms with van der Waals surface area (Å²) < 4.78 is 56.9. The third kappa shape index (κ3) is 5.35. The lowest BCUT2D eigenvalue weighted by molar-refractivity contribution is -0.286. The van der Waals surface area contributed by atoms with E-state index in [2.05, 4.69) is 11.1 Å². The number of ether oxygens (including phenoxy) is 3. The minimum absolute atomic E-state index is 0.0171. The maximum absolute atomic E-state index is 13.3. The molecule has 2 aliphatic carbocycles. The van der Waals surface area contributed by atoms with Crippen LogP contribution in [-0.2, 0) is 9.47 Å². The molecule has 0 bridgehead atoms. The van der Waals surface area contributed by atoms with Crippen LogP contribution in [0.4, 0.5) is 18.0 Å². The van der Waals surface area contributed by atoms with Crippen molar-refractivity contribution in [2.75, 3.05) is 13.1 Å². The van der Waals surface area contributed by atoms with E-state index in [1.165, 1.54) is 11.1 Å². The van der Waals surface area contributed by atoms with Gasteiger partial charge in [0.15, 0.2) is 0 Å². The maximum Gasteiger partial charge on any atom is 0.428 e. The van der Waals surface area contributed by atoms with Crippen LogP contribution in [0.2, 0.25) is 0 Å². The first-order valence-electron chi connectivity index (χ1n) is 11.5. The predicted molar refractivity (Wildman–Crippen MR) is 110 cm³/mol. The van der Waals surface area contributed by atoms with Crippen LogP contribution in [0.1, 0.15) is 63.4 Å². The molecule has 180 valence electrons.